The molecule has 0 aromatic heterocycles. The van der Waals surface area contributed by atoms with Gasteiger partial charge in [0.05, 0.1) is 25.2 Å². The van der Waals surface area contributed by atoms with Crippen LogP contribution in [0.2, 0.25) is 0 Å². The quantitative estimate of drug-likeness (QED) is 0.290. The van der Waals surface area contributed by atoms with Crippen LogP contribution in [-0.4, -0.2) is 25.5 Å². The zero-order valence-electron chi connectivity index (χ0n) is 12.0. The lowest BCUT2D eigenvalue weighted by atomic mass is 9.84. The molecule has 0 atom stereocenters. The summed E-state index contributed by atoms with van der Waals surface area (Å²) in [4.78, 5) is 23.4. The van der Waals surface area contributed by atoms with Crippen LogP contribution in [0.5, 0.6) is 0 Å². The van der Waals surface area contributed by atoms with E-state index in [1.807, 2.05) is 6.92 Å². The van der Waals surface area contributed by atoms with Gasteiger partial charge < -0.3 is 9.47 Å². The first-order valence-electron chi connectivity index (χ1n) is 6.36. The molecule has 0 aromatic rings. The first-order chi connectivity index (χ1) is 8.39. The average molecular weight is 256 g/mol. The normalized spacial score (nSPS) is 12.2. The largest absolute Gasteiger partial charge is 0.500 e. The van der Waals surface area contributed by atoms with E-state index in [0.29, 0.717) is 18.8 Å². The van der Waals surface area contributed by atoms with Crippen molar-refractivity contribution in [3.63, 3.8) is 0 Å². The smallest absolute Gasteiger partial charge is 0.334 e. The molecular formula is C14H24O4. The molecule has 0 aliphatic carbocycles. The van der Waals surface area contributed by atoms with Crippen LogP contribution in [0.25, 0.3) is 0 Å². The molecule has 0 rings (SSSR count). The van der Waals surface area contributed by atoms with Gasteiger partial charge in [0.25, 0.3) is 0 Å². The lowest BCUT2D eigenvalue weighted by Crippen LogP contribution is -2.27. The van der Waals surface area contributed by atoms with Crippen LogP contribution < -0.4 is 0 Å². The van der Waals surface area contributed by atoms with Crippen LogP contribution in [0.3, 0.4) is 0 Å². The molecule has 0 saturated heterocycles. The number of esters is 1. The Hall–Kier alpha value is -1.32. The summed E-state index contributed by atoms with van der Waals surface area (Å²) >= 11 is 0. The van der Waals surface area contributed by atoms with Crippen LogP contribution in [0.4, 0.5) is 0 Å². The van der Waals surface area contributed by atoms with Crippen molar-refractivity contribution in [1.82, 2.24) is 0 Å². The topological polar surface area (TPSA) is 52.6 Å². The SMILES string of the molecule is CCCCOC(=O)C=C(OC)C(C)(C)C(=O)CC. The Labute approximate surface area is 109 Å². The molecule has 18 heavy (non-hydrogen) atoms. The Kier molecular flexibility index (Phi) is 7.32. The van der Waals surface area contributed by atoms with Crippen molar-refractivity contribution in [3.05, 3.63) is 11.8 Å². The number of hydrogen-bond acceptors (Lipinski definition) is 4. The van der Waals surface area contributed by atoms with E-state index in [2.05, 4.69) is 0 Å². The number of Topliss-reactive ketones (excluding diaryl/α,β-unsaturated/α-hetero) is 1. The summed E-state index contributed by atoms with van der Waals surface area (Å²) in [5.41, 5.74) is -0.798. The lowest BCUT2D eigenvalue weighted by Gasteiger charge is -2.24. The van der Waals surface area contributed by atoms with Crippen molar-refractivity contribution in [2.75, 3.05) is 13.7 Å². The molecule has 4 heteroatoms. The van der Waals surface area contributed by atoms with Crippen LogP contribution in [0.1, 0.15) is 47.0 Å². The summed E-state index contributed by atoms with van der Waals surface area (Å²) < 4.78 is 10.2. The summed E-state index contributed by atoms with van der Waals surface area (Å²) in [6.07, 6.45) is 3.47. The molecule has 0 fully saturated rings. The van der Waals surface area contributed by atoms with Crippen molar-refractivity contribution < 1.29 is 19.1 Å². The second kappa shape index (κ2) is 7.90. The Morgan fingerprint density at radius 3 is 2.28 bits per heavy atom. The van der Waals surface area contributed by atoms with Gasteiger partial charge in [0.15, 0.2) is 0 Å². The molecule has 0 saturated carbocycles. The third kappa shape index (κ3) is 4.90. The number of rotatable bonds is 8. The second-order valence-electron chi connectivity index (χ2n) is 4.64. The Morgan fingerprint density at radius 1 is 1.22 bits per heavy atom. The Morgan fingerprint density at radius 2 is 1.83 bits per heavy atom. The van der Waals surface area contributed by atoms with E-state index in [0.717, 1.165) is 12.8 Å². The van der Waals surface area contributed by atoms with Crippen LogP contribution in [0, 0.1) is 5.41 Å². The van der Waals surface area contributed by atoms with E-state index in [4.69, 9.17) is 9.47 Å². The van der Waals surface area contributed by atoms with Gasteiger partial charge in [-0.3, -0.25) is 4.79 Å². The highest BCUT2D eigenvalue weighted by Gasteiger charge is 2.32. The zero-order chi connectivity index (χ0) is 14.2. The minimum absolute atomic E-state index is 0.0250. The predicted molar refractivity (Wildman–Crippen MR) is 70.0 cm³/mol. The molecule has 0 radical (unpaired) electrons. The van der Waals surface area contributed by atoms with E-state index < -0.39 is 11.4 Å². The number of unbranched alkanes of at least 4 members (excludes halogenated alkanes) is 1. The molecule has 0 aliphatic rings. The molecular weight excluding hydrogens is 232 g/mol. The summed E-state index contributed by atoms with van der Waals surface area (Å²) in [5.74, 6) is -0.0925. The fourth-order valence-corrected chi connectivity index (χ4v) is 1.54. The molecule has 0 N–H and O–H groups in total. The van der Waals surface area contributed by atoms with Gasteiger partial charge in [0.2, 0.25) is 0 Å². The Bertz CT molecular complexity index is 316. The summed E-state index contributed by atoms with van der Waals surface area (Å²) in [5, 5.41) is 0. The highest BCUT2D eigenvalue weighted by molar-refractivity contribution is 5.89. The third-order valence-electron chi connectivity index (χ3n) is 2.85. The number of methoxy groups -OCH3 is 1. The fourth-order valence-electron chi connectivity index (χ4n) is 1.54. The molecule has 0 amide bonds. The van der Waals surface area contributed by atoms with Gasteiger partial charge >= 0.3 is 5.97 Å². The highest BCUT2D eigenvalue weighted by atomic mass is 16.5. The minimum Gasteiger partial charge on any atom is -0.500 e. The number of ketones is 1. The maximum Gasteiger partial charge on any atom is 0.334 e. The number of carbonyl (C=O) groups is 2. The number of hydrogen-bond donors (Lipinski definition) is 0. The summed E-state index contributed by atoms with van der Waals surface area (Å²) in [6, 6.07) is 0. The van der Waals surface area contributed by atoms with Crippen molar-refractivity contribution in [1.29, 1.82) is 0 Å². The zero-order valence-corrected chi connectivity index (χ0v) is 12.0. The van der Waals surface area contributed by atoms with Gasteiger partial charge in [0.1, 0.15) is 11.5 Å². The maximum absolute atomic E-state index is 11.8. The van der Waals surface area contributed by atoms with Crippen LogP contribution >= 0.6 is 0 Å². The maximum atomic E-state index is 11.8. The van der Waals surface area contributed by atoms with Gasteiger partial charge in [-0.15, -0.1) is 0 Å². The van der Waals surface area contributed by atoms with Crippen LogP contribution in [-0.2, 0) is 19.1 Å². The monoisotopic (exact) mass is 256 g/mol. The van der Waals surface area contributed by atoms with E-state index in [9.17, 15) is 9.59 Å². The lowest BCUT2D eigenvalue weighted by molar-refractivity contribution is -0.138. The van der Waals surface area contributed by atoms with Gasteiger partial charge in [-0.2, -0.15) is 0 Å². The molecule has 0 spiro atoms. The molecule has 0 bridgehead atoms. The van der Waals surface area contributed by atoms with E-state index in [-0.39, 0.29) is 5.78 Å². The second-order valence-corrected chi connectivity index (χ2v) is 4.64. The van der Waals surface area contributed by atoms with Crippen molar-refractivity contribution in [2.45, 2.75) is 47.0 Å². The Balaban J connectivity index is 4.75. The predicted octanol–water partition coefficient (Wildman–Crippen LogP) is 2.87. The number of carbonyl (C=O) groups excluding carboxylic acids is 2. The minimum atomic E-state index is -0.798. The van der Waals surface area contributed by atoms with Gasteiger partial charge in [-0.1, -0.05) is 20.3 Å². The molecule has 4 nitrogen and oxygen atoms in total. The number of ether oxygens (including phenoxy) is 2. The van der Waals surface area contributed by atoms with E-state index in [1.54, 1.807) is 20.8 Å². The molecule has 0 unspecified atom stereocenters. The fraction of sp³-hybridized carbons (Fsp3) is 0.714. The van der Waals surface area contributed by atoms with Gasteiger partial charge in [-0.05, 0) is 20.3 Å². The highest BCUT2D eigenvalue weighted by Crippen LogP contribution is 2.29. The molecule has 0 aromatic carbocycles. The molecule has 0 heterocycles. The van der Waals surface area contributed by atoms with Crippen molar-refractivity contribution >= 4 is 11.8 Å². The van der Waals surface area contributed by atoms with Crippen molar-refractivity contribution in [2.24, 2.45) is 5.41 Å². The first kappa shape index (κ1) is 16.7. The van der Waals surface area contributed by atoms with Crippen molar-refractivity contribution in [3.8, 4) is 0 Å². The molecule has 0 aliphatic heterocycles. The van der Waals surface area contributed by atoms with Crippen LogP contribution in [0.15, 0.2) is 11.8 Å². The average Bonchev–Trinajstić information content (AvgIpc) is 2.34. The summed E-state index contributed by atoms with van der Waals surface area (Å²) in [7, 11) is 1.45. The summed E-state index contributed by atoms with van der Waals surface area (Å²) in [6.45, 7) is 7.69. The third-order valence-corrected chi connectivity index (χ3v) is 2.85. The van der Waals surface area contributed by atoms with E-state index >= 15 is 0 Å². The standard InChI is InChI=1S/C14H24O4/c1-6-8-9-18-13(16)10-12(17-5)14(3,4)11(15)7-2/h10H,6-9H2,1-5H3. The molecule has 104 valence electrons. The van der Waals surface area contributed by atoms with Gasteiger partial charge in [-0.25, -0.2) is 4.79 Å². The van der Waals surface area contributed by atoms with Gasteiger partial charge in [0, 0.05) is 6.42 Å². The first-order valence-corrected chi connectivity index (χ1v) is 6.36. The number of allylic oxidation sites excluding steroid dienone is 1. The van der Waals surface area contributed by atoms with E-state index in [1.165, 1.54) is 13.2 Å².